The van der Waals surface area contributed by atoms with Crippen LogP contribution in [0.25, 0.3) is 0 Å². The van der Waals surface area contributed by atoms with E-state index in [0.717, 1.165) is 31.4 Å². The van der Waals surface area contributed by atoms with Gasteiger partial charge in [0, 0.05) is 5.92 Å². The molecule has 1 amide bonds. The Hall–Kier alpha value is -1.96. The van der Waals surface area contributed by atoms with Crippen LogP contribution in [0.3, 0.4) is 0 Å². The van der Waals surface area contributed by atoms with Crippen LogP contribution >= 0.6 is 0 Å². The van der Waals surface area contributed by atoms with Crippen LogP contribution in [0.2, 0.25) is 0 Å². The summed E-state index contributed by atoms with van der Waals surface area (Å²) in [5, 5.41) is 9.61. The molecule has 0 bridgehead atoms. The summed E-state index contributed by atoms with van der Waals surface area (Å²) in [6.45, 7) is 2.02. The average Bonchev–Trinajstić information content (AvgIpc) is 3.12. The summed E-state index contributed by atoms with van der Waals surface area (Å²) in [4.78, 5) is 12.0. The maximum Gasteiger partial charge on any atom is 0.274 e. The molecule has 1 saturated carbocycles. The van der Waals surface area contributed by atoms with Crippen LogP contribution in [0.15, 0.2) is 0 Å². The molecule has 1 unspecified atom stereocenters. The van der Waals surface area contributed by atoms with Gasteiger partial charge in [0.25, 0.3) is 5.91 Å². The average molecular weight is 246 g/mol. The van der Waals surface area contributed by atoms with Crippen LogP contribution in [-0.4, -0.2) is 22.1 Å². The van der Waals surface area contributed by atoms with E-state index in [1.54, 1.807) is 0 Å². The molecule has 1 aliphatic carbocycles. The van der Waals surface area contributed by atoms with Crippen LogP contribution in [-0.2, 0) is 0 Å². The number of carbonyl (C=O) groups excluding carboxylic acids is 1. The molecule has 1 fully saturated rings. The Morgan fingerprint density at radius 2 is 2.44 bits per heavy atom. The maximum absolute atomic E-state index is 12.0. The number of nitrogens with zero attached hydrogens (tertiary/aromatic N) is 1. The molecule has 4 N–H and O–H groups in total. The van der Waals surface area contributed by atoms with Crippen LogP contribution in [0, 0.1) is 12.3 Å². The predicted octanol–water partition coefficient (Wildman–Crippen LogP) is 1.40. The molecule has 5 heteroatoms. The van der Waals surface area contributed by atoms with E-state index in [1.165, 1.54) is 0 Å². The molecular formula is C13H18N4O. The van der Waals surface area contributed by atoms with Crippen molar-refractivity contribution >= 4 is 11.6 Å². The van der Waals surface area contributed by atoms with E-state index in [2.05, 4.69) is 21.4 Å². The van der Waals surface area contributed by atoms with E-state index in [-0.39, 0.29) is 17.6 Å². The zero-order valence-electron chi connectivity index (χ0n) is 10.5. The molecule has 0 spiro atoms. The number of nitrogen functional groups attached to an aromatic ring is 1. The Morgan fingerprint density at radius 3 is 3.00 bits per heavy atom. The molecule has 96 valence electrons. The summed E-state index contributed by atoms with van der Waals surface area (Å²) in [5.41, 5.74) is 7.53. The van der Waals surface area contributed by atoms with Crippen molar-refractivity contribution in [1.29, 1.82) is 0 Å². The number of nitrogens with one attached hydrogen (secondary N) is 2. The van der Waals surface area contributed by atoms with Crippen LogP contribution < -0.4 is 11.1 Å². The van der Waals surface area contributed by atoms with Crippen molar-refractivity contribution in [1.82, 2.24) is 15.5 Å². The predicted molar refractivity (Wildman–Crippen MR) is 70.0 cm³/mol. The molecule has 5 nitrogen and oxygen atoms in total. The first-order chi connectivity index (χ1) is 8.67. The largest absolute Gasteiger partial charge is 0.395 e. The minimum atomic E-state index is -0.299. The monoisotopic (exact) mass is 246 g/mol. The second kappa shape index (κ2) is 5.13. The zero-order chi connectivity index (χ0) is 13.1. The third-order valence-electron chi connectivity index (χ3n) is 3.12. The van der Waals surface area contributed by atoms with E-state index in [0.29, 0.717) is 11.6 Å². The minimum absolute atomic E-state index is 0.258. The Kier molecular flexibility index (Phi) is 3.56. The summed E-state index contributed by atoms with van der Waals surface area (Å²) in [5.74, 6) is 2.70. The minimum Gasteiger partial charge on any atom is -0.395 e. The van der Waals surface area contributed by atoms with Gasteiger partial charge in [0.05, 0.1) is 17.4 Å². The molecule has 1 aliphatic rings. The molecule has 0 aliphatic heterocycles. The lowest BCUT2D eigenvalue weighted by Gasteiger charge is -2.10. The van der Waals surface area contributed by atoms with Crippen molar-refractivity contribution in [2.45, 2.75) is 44.6 Å². The molecule has 1 heterocycles. The molecule has 1 aromatic rings. The zero-order valence-corrected chi connectivity index (χ0v) is 10.5. The highest BCUT2D eigenvalue weighted by molar-refractivity contribution is 5.98. The van der Waals surface area contributed by atoms with Gasteiger partial charge in [-0.3, -0.25) is 9.89 Å². The quantitative estimate of drug-likeness (QED) is 0.687. The fourth-order valence-electron chi connectivity index (χ4n) is 1.93. The van der Waals surface area contributed by atoms with E-state index in [1.807, 2.05) is 6.92 Å². The Bertz CT molecular complexity index is 482. The molecular weight excluding hydrogens is 228 g/mol. The van der Waals surface area contributed by atoms with Gasteiger partial charge in [-0.25, -0.2) is 0 Å². The van der Waals surface area contributed by atoms with Gasteiger partial charge in [0.2, 0.25) is 0 Å². The highest BCUT2D eigenvalue weighted by Gasteiger charge is 2.30. The first-order valence-electron chi connectivity index (χ1n) is 6.28. The topological polar surface area (TPSA) is 83.8 Å². The lowest BCUT2D eigenvalue weighted by Crippen LogP contribution is -2.34. The first kappa shape index (κ1) is 12.5. The smallest absolute Gasteiger partial charge is 0.274 e. The summed E-state index contributed by atoms with van der Waals surface area (Å²) < 4.78 is 0. The number of hydrogen-bond acceptors (Lipinski definition) is 3. The SMILES string of the molecule is C#CC(CCC)NC(=O)c1n[nH]c(C2CC2)c1N. The third-order valence-corrected chi connectivity index (χ3v) is 3.12. The summed E-state index contributed by atoms with van der Waals surface area (Å²) in [6.07, 6.45) is 9.24. The van der Waals surface area contributed by atoms with E-state index in [9.17, 15) is 4.79 Å². The van der Waals surface area contributed by atoms with E-state index < -0.39 is 0 Å². The highest BCUT2D eigenvalue weighted by Crippen LogP contribution is 2.42. The number of carbonyl (C=O) groups is 1. The van der Waals surface area contributed by atoms with Gasteiger partial charge in [-0.05, 0) is 19.3 Å². The van der Waals surface area contributed by atoms with Gasteiger partial charge < -0.3 is 11.1 Å². The van der Waals surface area contributed by atoms with Gasteiger partial charge in [-0.2, -0.15) is 5.10 Å². The lowest BCUT2D eigenvalue weighted by molar-refractivity contribution is 0.0940. The maximum atomic E-state index is 12.0. The Balaban J connectivity index is 2.07. The summed E-state index contributed by atoms with van der Waals surface area (Å²) >= 11 is 0. The lowest BCUT2D eigenvalue weighted by atomic mass is 10.1. The summed E-state index contributed by atoms with van der Waals surface area (Å²) in [6, 6.07) is -0.261. The molecule has 2 rings (SSSR count). The highest BCUT2D eigenvalue weighted by atomic mass is 16.2. The fraction of sp³-hybridized carbons (Fsp3) is 0.538. The number of rotatable bonds is 5. The van der Waals surface area contributed by atoms with Crippen molar-refractivity contribution < 1.29 is 4.79 Å². The number of hydrogen-bond donors (Lipinski definition) is 3. The van der Waals surface area contributed by atoms with Crippen molar-refractivity contribution in [3.05, 3.63) is 11.4 Å². The van der Waals surface area contributed by atoms with Gasteiger partial charge in [-0.1, -0.05) is 19.3 Å². The van der Waals surface area contributed by atoms with E-state index in [4.69, 9.17) is 12.2 Å². The van der Waals surface area contributed by atoms with Crippen LogP contribution in [0.1, 0.15) is 54.7 Å². The molecule has 0 aromatic carbocycles. The van der Waals surface area contributed by atoms with Crippen molar-refractivity contribution in [2.75, 3.05) is 5.73 Å². The van der Waals surface area contributed by atoms with Crippen molar-refractivity contribution in [2.24, 2.45) is 0 Å². The Labute approximate surface area is 107 Å². The van der Waals surface area contributed by atoms with Gasteiger partial charge in [0.15, 0.2) is 5.69 Å². The fourth-order valence-corrected chi connectivity index (χ4v) is 1.93. The number of aromatic amines is 1. The first-order valence-corrected chi connectivity index (χ1v) is 6.28. The number of aromatic nitrogens is 2. The second-order valence-corrected chi connectivity index (χ2v) is 4.66. The van der Waals surface area contributed by atoms with Gasteiger partial charge in [0.1, 0.15) is 0 Å². The van der Waals surface area contributed by atoms with Gasteiger partial charge in [-0.15, -0.1) is 6.42 Å². The van der Waals surface area contributed by atoms with Crippen molar-refractivity contribution in [3.63, 3.8) is 0 Å². The number of amides is 1. The Morgan fingerprint density at radius 1 is 1.72 bits per heavy atom. The molecule has 1 aromatic heterocycles. The summed E-state index contributed by atoms with van der Waals surface area (Å²) in [7, 11) is 0. The molecule has 0 saturated heterocycles. The normalized spacial score (nSPS) is 16.0. The standard InChI is InChI=1S/C13H18N4O/c1-3-5-9(4-2)15-13(18)12-10(14)11(16-17-12)8-6-7-8/h2,8-9H,3,5-7,14H2,1H3,(H,15,18)(H,16,17). The number of terminal acetylenes is 1. The molecule has 1 atom stereocenters. The van der Waals surface area contributed by atoms with Crippen LogP contribution in [0.4, 0.5) is 5.69 Å². The third kappa shape index (κ3) is 2.48. The number of H-pyrrole nitrogens is 1. The molecule has 0 radical (unpaired) electrons. The van der Waals surface area contributed by atoms with Gasteiger partial charge >= 0.3 is 0 Å². The van der Waals surface area contributed by atoms with Crippen LogP contribution in [0.5, 0.6) is 0 Å². The van der Waals surface area contributed by atoms with E-state index >= 15 is 0 Å². The number of anilines is 1. The second-order valence-electron chi connectivity index (χ2n) is 4.66. The molecule has 18 heavy (non-hydrogen) atoms. The number of nitrogens with two attached hydrogens (primary N) is 1. The van der Waals surface area contributed by atoms with Crippen molar-refractivity contribution in [3.8, 4) is 12.3 Å².